The van der Waals surface area contributed by atoms with Gasteiger partial charge in [-0.25, -0.2) is 0 Å². The summed E-state index contributed by atoms with van der Waals surface area (Å²) in [4.78, 5) is 40.1. The number of rotatable bonds is 7. The topological polar surface area (TPSA) is 142 Å². The number of fused-ring (bicyclic) bond motifs is 1. The van der Waals surface area contributed by atoms with E-state index in [1.165, 1.54) is 13.0 Å². The van der Waals surface area contributed by atoms with Gasteiger partial charge in [0, 0.05) is 32.2 Å². The zero-order chi connectivity index (χ0) is 25.0. The molecule has 1 aliphatic rings. The Hall–Kier alpha value is -4.57. The first-order valence-corrected chi connectivity index (χ1v) is 10.8. The van der Waals surface area contributed by atoms with E-state index < -0.39 is 11.8 Å². The molecule has 0 radical (unpaired) electrons. The molecule has 0 fully saturated rings. The average molecular weight is 457 g/mol. The third kappa shape index (κ3) is 4.21. The van der Waals surface area contributed by atoms with Crippen LogP contribution in [0.25, 0.3) is 0 Å². The number of carbonyl (C=O) groups is 3. The molecule has 0 aromatic heterocycles. The first-order chi connectivity index (χ1) is 16.3. The summed E-state index contributed by atoms with van der Waals surface area (Å²) >= 11 is 0. The van der Waals surface area contributed by atoms with Crippen LogP contribution in [0.1, 0.15) is 59.5 Å². The van der Waals surface area contributed by atoms with Gasteiger partial charge in [-0.05, 0) is 45.0 Å². The van der Waals surface area contributed by atoms with Crippen LogP contribution in [-0.4, -0.2) is 42.3 Å². The first-order valence-electron chi connectivity index (χ1n) is 10.8. The lowest BCUT2D eigenvalue weighted by Crippen LogP contribution is -2.29. The zero-order valence-corrected chi connectivity index (χ0v) is 19.3. The smallest absolute Gasteiger partial charge is 0.262 e. The number of hydrogen-bond donors (Lipinski definition) is 1. The Morgan fingerprint density at radius 2 is 1.76 bits per heavy atom. The van der Waals surface area contributed by atoms with Gasteiger partial charge in [-0.1, -0.05) is 0 Å². The van der Waals surface area contributed by atoms with Gasteiger partial charge in [-0.3, -0.25) is 19.3 Å². The Morgan fingerprint density at radius 3 is 2.32 bits per heavy atom. The van der Waals surface area contributed by atoms with E-state index in [-0.39, 0.29) is 40.4 Å². The quantitative estimate of drug-likeness (QED) is 0.486. The molecule has 2 aromatic carbocycles. The van der Waals surface area contributed by atoms with E-state index in [1.54, 1.807) is 19.1 Å². The van der Waals surface area contributed by atoms with E-state index in [0.717, 1.165) is 23.7 Å². The van der Waals surface area contributed by atoms with Gasteiger partial charge in [-0.2, -0.15) is 10.5 Å². The van der Waals surface area contributed by atoms with Crippen LogP contribution in [0.2, 0.25) is 0 Å². The largest absolute Gasteiger partial charge is 0.372 e. The molecule has 10 heteroatoms. The monoisotopic (exact) mass is 457 g/mol. The van der Waals surface area contributed by atoms with Gasteiger partial charge < -0.3 is 10.2 Å². The van der Waals surface area contributed by atoms with E-state index in [2.05, 4.69) is 20.4 Å². The predicted octanol–water partition coefficient (Wildman–Crippen LogP) is 4.27. The number of hydrogen-bond acceptors (Lipinski definition) is 8. The van der Waals surface area contributed by atoms with Crippen molar-refractivity contribution in [3.8, 4) is 12.1 Å². The van der Waals surface area contributed by atoms with Crippen molar-refractivity contribution in [2.45, 2.75) is 27.7 Å². The molecule has 1 heterocycles. The second-order valence-electron chi connectivity index (χ2n) is 7.40. The van der Waals surface area contributed by atoms with Crippen molar-refractivity contribution in [1.29, 1.82) is 10.5 Å². The third-order valence-electron chi connectivity index (χ3n) is 5.46. The standard InChI is InChI=1S/C24H23N7O3/c1-5-30(6-2)16-8-9-19(20(11-16)27-14(4)32)28-29-22-15(12-25)10-17-21(18(22)13-26)24(34)31(7-3)23(17)33/h8-11H,5-7H2,1-4H3,(H,27,32)/b29-28+. The molecule has 0 aliphatic carbocycles. The van der Waals surface area contributed by atoms with E-state index in [0.29, 0.717) is 11.4 Å². The normalized spacial score (nSPS) is 12.5. The van der Waals surface area contributed by atoms with Crippen molar-refractivity contribution in [1.82, 2.24) is 4.90 Å². The van der Waals surface area contributed by atoms with Crippen molar-refractivity contribution in [2.24, 2.45) is 10.2 Å². The van der Waals surface area contributed by atoms with Crippen LogP contribution in [0.5, 0.6) is 0 Å². The van der Waals surface area contributed by atoms with Gasteiger partial charge in [0.2, 0.25) is 5.91 Å². The van der Waals surface area contributed by atoms with Gasteiger partial charge in [0.15, 0.2) is 0 Å². The average Bonchev–Trinajstić information content (AvgIpc) is 3.06. The number of amides is 3. The van der Waals surface area contributed by atoms with Crippen molar-refractivity contribution >= 4 is 40.5 Å². The van der Waals surface area contributed by atoms with Crippen molar-refractivity contribution < 1.29 is 14.4 Å². The molecule has 172 valence electrons. The molecule has 0 saturated heterocycles. The second kappa shape index (κ2) is 9.92. The van der Waals surface area contributed by atoms with Crippen molar-refractivity contribution in [2.75, 3.05) is 29.9 Å². The fourth-order valence-electron chi connectivity index (χ4n) is 3.81. The maximum Gasteiger partial charge on any atom is 0.262 e. The van der Waals surface area contributed by atoms with Crippen molar-refractivity contribution in [3.63, 3.8) is 0 Å². The highest BCUT2D eigenvalue weighted by atomic mass is 16.2. The molecule has 0 saturated carbocycles. The lowest BCUT2D eigenvalue weighted by molar-refractivity contribution is -0.114. The van der Waals surface area contributed by atoms with Crippen LogP contribution in [0, 0.1) is 22.7 Å². The number of azo groups is 1. The molecule has 1 aliphatic heterocycles. The van der Waals surface area contributed by atoms with Crippen LogP contribution < -0.4 is 10.2 Å². The highest BCUT2D eigenvalue weighted by Crippen LogP contribution is 2.37. The van der Waals surface area contributed by atoms with Crippen LogP contribution in [0.3, 0.4) is 0 Å². The lowest BCUT2D eigenvalue weighted by atomic mass is 9.97. The third-order valence-corrected chi connectivity index (χ3v) is 5.46. The van der Waals surface area contributed by atoms with Gasteiger partial charge >= 0.3 is 0 Å². The molecular weight excluding hydrogens is 434 g/mol. The number of nitrogens with zero attached hydrogens (tertiary/aromatic N) is 6. The molecule has 0 unspecified atom stereocenters. The summed E-state index contributed by atoms with van der Waals surface area (Å²) in [7, 11) is 0. The highest BCUT2D eigenvalue weighted by Gasteiger charge is 2.39. The highest BCUT2D eigenvalue weighted by molar-refractivity contribution is 6.23. The summed E-state index contributed by atoms with van der Waals surface area (Å²) in [6.45, 7) is 8.72. The summed E-state index contributed by atoms with van der Waals surface area (Å²) in [6.07, 6.45) is 0. The number of carbonyl (C=O) groups excluding carboxylic acids is 3. The van der Waals surface area contributed by atoms with E-state index in [4.69, 9.17) is 0 Å². The van der Waals surface area contributed by atoms with Gasteiger partial charge in [-0.15, -0.1) is 10.2 Å². The van der Waals surface area contributed by atoms with Crippen LogP contribution in [0.15, 0.2) is 34.5 Å². The molecule has 3 amide bonds. The summed E-state index contributed by atoms with van der Waals surface area (Å²) < 4.78 is 0. The molecule has 34 heavy (non-hydrogen) atoms. The molecule has 2 aromatic rings. The summed E-state index contributed by atoms with van der Waals surface area (Å²) in [5.74, 6) is -1.47. The molecule has 3 rings (SSSR count). The minimum Gasteiger partial charge on any atom is -0.372 e. The lowest BCUT2D eigenvalue weighted by Gasteiger charge is -2.22. The number of imide groups is 1. The first kappa shape index (κ1) is 24.1. The molecule has 0 bridgehead atoms. The Bertz CT molecular complexity index is 1300. The molecule has 0 atom stereocenters. The SMILES string of the molecule is CCN1C(=O)c2cc(C#N)c(/N=N/c3ccc(N(CC)CC)cc3NC(C)=O)c(C#N)c2C1=O. The van der Waals surface area contributed by atoms with Crippen LogP contribution >= 0.6 is 0 Å². The summed E-state index contributed by atoms with van der Waals surface area (Å²) in [5.41, 5.74) is 1.16. The Morgan fingerprint density at radius 1 is 1.06 bits per heavy atom. The molecule has 10 nitrogen and oxygen atoms in total. The minimum absolute atomic E-state index is 0.00131. The molecule has 0 spiro atoms. The fourth-order valence-corrected chi connectivity index (χ4v) is 3.81. The molecular formula is C24H23N7O3. The molecule has 1 N–H and O–H groups in total. The maximum absolute atomic E-state index is 12.7. The van der Waals surface area contributed by atoms with Crippen LogP contribution in [-0.2, 0) is 4.79 Å². The van der Waals surface area contributed by atoms with Gasteiger partial charge in [0.05, 0.1) is 27.9 Å². The Balaban J connectivity index is 2.15. The zero-order valence-electron chi connectivity index (χ0n) is 19.3. The van der Waals surface area contributed by atoms with Gasteiger partial charge in [0.1, 0.15) is 23.5 Å². The number of nitrogens with one attached hydrogen (secondary N) is 1. The van der Waals surface area contributed by atoms with Gasteiger partial charge in [0.25, 0.3) is 11.8 Å². The Labute approximate surface area is 197 Å². The summed E-state index contributed by atoms with van der Waals surface area (Å²) in [5, 5.41) is 30.4. The predicted molar refractivity (Wildman–Crippen MR) is 125 cm³/mol. The number of nitriles is 2. The van der Waals surface area contributed by atoms with Crippen molar-refractivity contribution in [3.05, 3.63) is 46.5 Å². The maximum atomic E-state index is 12.7. The van der Waals surface area contributed by atoms with Crippen LogP contribution in [0.4, 0.5) is 22.7 Å². The minimum atomic E-state index is -0.609. The second-order valence-corrected chi connectivity index (χ2v) is 7.40. The number of benzene rings is 2. The van der Waals surface area contributed by atoms with E-state index >= 15 is 0 Å². The Kier molecular flexibility index (Phi) is 7.03. The van der Waals surface area contributed by atoms with E-state index in [9.17, 15) is 24.9 Å². The summed E-state index contributed by atoms with van der Waals surface area (Å²) in [6, 6.07) is 10.4. The fraction of sp³-hybridized carbons (Fsp3) is 0.292. The number of anilines is 2. The van der Waals surface area contributed by atoms with E-state index in [1.807, 2.05) is 32.1 Å².